The molecule has 0 radical (unpaired) electrons. The van der Waals surface area contributed by atoms with Gasteiger partial charge in [-0.1, -0.05) is 23.3 Å². The standard InChI is InChI=1S/C13H14Cl2O/c1-16-13-5-4-12(15)8-10(13)6-9-2-3-11(14)7-9/h4-5,7-8,11H,2-3,6H2,1H3. The molecule has 0 heterocycles. The van der Waals surface area contributed by atoms with Crippen molar-refractivity contribution in [3.63, 3.8) is 0 Å². The van der Waals surface area contributed by atoms with Gasteiger partial charge in [0.05, 0.1) is 12.5 Å². The molecule has 1 aromatic rings. The van der Waals surface area contributed by atoms with Gasteiger partial charge in [-0.15, -0.1) is 11.6 Å². The van der Waals surface area contributed by atoms with Crippen LogP contribution in [0.5, 0.6) is 5.75 Å². The van der Waals surface area contributed by atoms with Crippen molar-refractivity contribution >= 4 is 23.2 Å². The molecule has 1 nitrogen and oxygen atoms in total. The predicted octanol–water partition coefficient (Wildman–Crippen LogP) is 4.22. The van der Waals surface area contributed by atoms with Crippen LogP contribution in [0.15, 0.2) is 29.8 Å². The maximum absolute atomic E-state index is 6.04. The van der Waals surface area contributed by atoms with Crippen LogP contribution in [0.25, 0.3) is 0 Å². The molecule has 1 aliphatic rings. The Labute approximate surface area is 106 Å². The highest BCUT2D eigenvalue weighted by Gasteiger charge is 2.15. The van der Waals surface area contributed by atoms with Crippen LogP contribution < -0.4 is 4.74 Å². The molecule has 0 amide bonds. The van der Waals surface area contributed by atoms with Crippen molar-refractivity contribution in [2.75, 3.05) is 7.11 Å². The predicted molar refractivity (Wildman–Crippen MR) is 68.7 cm³/mol. The van der Waals surface area contributed by atoms with Crippen molar-refractivity contribution in [3.8, 4) is 5.75 Å². The zero-order valence-corrected chi connectivity index (χ0v) is 10.7. The number of benzene rings is 1. The highest BCUT2D eigenvalue weighted by atomic mass is 35.5. The van der Waals surface area contributed by atoms with Crippen molar-refractivity contribution in [1.82, 2.24) is 0 Å². The maximum atomic E-state index is 6.04. The van der Waals surface area contributed by atoms with Gasteiger partial charge in [0.1, 0.15) is 5.75 Å². The Kier molecular flexibility index (Phi) is 3.78. The average Bonchev–Trinajstić information content (AvgIpc) is 2.64. The maximum Gasteiger partial charge on any atom is 0.122 e. The molecular formula is C13H14Cl2O. The second-order valence-corrected chi connectivity index (χ2v) is 5.01. The molecule has 0 saturated carbocycles. The molecule has 2 rings (SSSR count). The molecule has 1 unspecified atom stereocenters. The monoisotopic (exact) mass is 256 g/mol. The number of allylic oxidation sites excluding steroid dienone is 2. The van der Waals surface area contributed by atoms with Gasteiger partial charge in [0, 0.05) is 5.02 Å². The third-order valence-corrected chi connectivity index (χ3v) is 3.40. The first-order valence-corrected chi connectivity index (χ1v) is 6.16. The van der Waals surface area contributed by atoms with Crippen LogP contribution in [0.4, 0.5) is 0 Å². The van der Waals surface area contributed by atoms with E-state index in [-0.39, 0.29) is 5.38 Å². The van der Waals surface area contributed by atoms with Crippen molar-refractivity contribution in [2.24, 2.45) is 0 Å². The highest BCUT2D eigenvalue weighted by molar-refractivity contribution is 6.30. The molecular weight excluding hydrogens is 243 g/mol. The minimum Gasteiger partial charge on any atom is -0.496 e. The number of ether oxygens (including phenoxy) is 1. The van der Waals surface area contributed by atoms with Crippen molar-refractivity contribution in [1.29, 1.82) is 0 Å². The quantitative estimate of drug-likeness (QED) is 0.582. The Morgan fingerprint density at radius 1 is 1.44 bits per heavy atom. The van der Waals surface area contributed by atoms with Gasteiger partial charge >= 0.3 is 0 Å². The topological polar surface area (TPSA) is 9.23 Å². The minimum absolute atomic E-state index is 0.195. The third-order valence-electron chi connectivity index (χ3n) is 2.82. The number of hydrogen-bond donors (Lipinski definition) is 0. The van der Waals surface area contributed by atoms with Crippen molar-refractivity contribution < 1.29 is 4.74 Å². The van der Waals surface area contributed by atoms with Gasteiger partial charge in [0.2, 0.25) is 0 Å². The van der Waals surface area contributed by atoms with E-state index >= 15 is 0 Å². The fourth-order valence-corrected chi connectivity index (χ4v) is 2.50. The van der Waals surface area contributed by atoms with Gasteiger partial charge < -0.3 is 4.74 Å². The molecule has 16 heavy (non-hydrogen) atoms. The lowest BCUT2D eigenvalue weighted by Gasteiger charge is -2.09. The van der Waals surface area contributed by atoms with Gasteiger partial charge in [0.25, 0.3) is 0 Å². The number of hydrogen-bond acceptors (Lipinski definition) is 1. The molecule has 3 heteroatoms. The first-order valence-electron chi connectivity index (χ1n) is 5.35. The molecule has 0 bridgehead atoms. The molecule has 0 spiro atoms. The third kappa shape index (κ3) is 2.72. The fraction of sp³-hybridized carbons (Fsp3) is 0.385. The van der Waals surface area contributed by atoms with Crippen molar-refractivity contribution in [2.45, 2.75) is 24.6 Å². The van der Waals surface area contributed by atoms with E-state index in [1.54, 1.807) is 7.11 Å². The van der Waals surface area contributed by atoms with Crippen LogP contribution in [0.2, 0.25) is 5.02 Å². The molecule has 0 aliphatic heterocycles. The van der Waals surface area contributed by atoms with Gasteiger partial charge in [0.15, 0.2) is 0 Å². The summed E-state index contributed by atoms with van der Waals surface area (Å²) in [6.07, 6.45) is 5.14. The average molecular weight is 257 g/mol. The van der Waals surface area contributed by atoms with E-state index in [0.717, 1.165) is 35.6 Å². The van der Waals surface area contributed by atoms with Gasteiger partial charge in [-0.05, 0) is 43.0 Å². The summed E-state index contributed by atoms with van der Waals surface area (Å²) in [4.78, 5) is 0. The molecule has 1 atom stereocenters. The summed E-state index contributed by atoms with van der Waals surface area (Å²) in [6.45, 7) is 0. The van der Waals surface area contributed by atoms with Crippen LogP contribution >= 0.6 is 23.2 Å². The minimum atomic E-state index is 0.195. The number of methoxy groups -OCH3 is 1. The number of halogens is 2. The van der Waals surface area contributed by atoms with Gasteiger partial charge in [-0.25, -0.2) is 0 Å². The molecule has 86 valence electrons. The summed E-state index contributed by atoms with van der Waals surface area (Å²) in [5.41, 5.74) is 2.51. The van der Waals surface area contributed by atoms with E-state index in [9.17, 15) is 0 Å². The molecule has 0 N–H and O–H groups in total. The van der Waals surface area contributed by atoms with Crippen LogP contribution in [0, 0.1) is 0 Å². The van der Waals surface area contributed by atoms with Crippen LogP contribution in [-0.2, 0) is 6.42 Å². The number of alkyl halides is 1. The SMILES string of the molecule is COc1ccc(Cl)cc1CC1=CC(Cl)CC1. The molecule has 1 aliphatic carbocycles. The lowest BCUT2D eigenvalue weighted by atomic mass is 10.0. The van der Waals surface area contributed by atoms with Crippen LogP contribution in [0.1, 0.15) is 18.4 Å². The first kappa shape index (κ1) is 11.8. The highest BCUT2D eigenvalue weighted by Crippen LogP contribution is 2.30. The molecule has 1 aromatic carbocycles. The van der Waals surface area contributed by atoms with E-state index in [4.69, 9.17) is 27.9 Å². The molecule has 0 saturated heterocycles. The van der Waals surface area contributed by atoms with E-state index in [1.165, 1.54) is 5.57 Å². The zero-order chi connectivity index (χ0) is 11.5. The second-order valence-electron chi connectivity index (χ2n) is 4.01. The van der Waals surface area contributed by atoms with E-state index in [0.29, 0.717) is 0 Å². The molecule has 0 fully saturated rings. The lowest BCUT2D eigenvalue weighted by Crippen LogP contribution is -1.93. The summed E-state index contributed by atoms with van der Waals surface area (Å²) in [5.74, 6) is 0.892. The fourth-order valence-electron chi connectivity index (χ4n) is 2.02. The Bertz CT molecular complexity index is 412. The van der Waals surface area contributed by atoms with Crippen LogP contribution in [-0.4, -0.2) is 12.5 Å². The Morgan fingerprint density at radius 3 is 2.88 bits per heavy atom. The Balaban J connectivity index is 2.20. The van der Waals surface area contributed by atoms with Gasteiger partial charge in [-0.2, -0.15) is 0 Å². The summed E-state index contributed by atoms with van der Waals surface area (Å²) in [5, 5.41) is 0.942. The Morgan fingerprint density at radius 2 is 2.25 bits per heavy atom. The summed E-state index contributed by atoms with van der Waals surface area (Å²) >= 11 is 12.0. The normalized spacial score (nSPS) is 19.7. The zero-order valence-electron chi connectivity index (χ0n) is 9.17. The smallest absolute Gasteiger partial charge is 0.122 e. The van der Waals surface area contributed by atoms with E-state index < -0.39 is 0 Å². The van der Waals surface area contributed by atoms with E-state index in [2.05, 4.69) is 6.08 Å². The summed E-state index contributed by atoms with van der Waals surface area (Å²) < 4.78 is 5.32. The largest absolute Gasteiger partial charge is 0.496 e. The van der Waals surface area contributed by atoms with Gasteiger partial charge in [-0.3, -0.25) is 0 Å². The van der Waals surface area contributed by atoms with Crippen molar-refractivity contribution in [3.05, 3.63) is 40.4 Å². The second kappa shape index (κ2) is 5.11. The van der Waals surface area contributed by atoms with Crippen LogP contribution in [0.3, 0.4) is 0 Å². The first-order chi connectivity index (χ1) is 7.69. The Hall–Kier alpha value is -0.660. The van der Waals surface area contributed by atoms with E-state index in [1.807, 2.05) is 18.2 Å². The summed E-state index contributed by atoms with van der Waals surface area (Å²) in [7, 11) is 1.68. The summed E-state index contributed by atoms with van der Waals surface area (Å²) in [6, 6.07) is 5.71. The number of rotatable bonds is 3. The molecule has 0 aromatic heterocycles. The lowest BCUT2D eigenvalue weighted by molar-refractivity contribution is 0.410.